The van der Waals surface area contributed by atoms with Crippen molar-refractivity contribution in [1.82, 2.24) is 4.98 Å². The Morgan fingerprint density at radius 2 is 2.17 bits per heavy atom. The molecular formula is C14H12BrNO2. The SMILES string of the molecule is Cc1ccc2nc(C3CC3)cc(C(=O)O)c2c1Br. The predicted molar refractivity (Wildman–Crippen MR) is 73.1 cm³/mol. The minimum absolute atomic E-state index is 0.345. The van der Waals surface area contributed by atoms with Gasteiger partial charge in [-0.25, -0.2) is 4.79 Å². The number of fused-ring (bicyclic) bond motifs is 1. The van der Waals surface area contributed by atoms with Gasteiger partial charge in [-0.05, 0) is 53.4 Å². The number of carbonyl (C=O) groups is 1. The van der Waals surface area contributed by atoms with Crippen LogP contribution in [0.4, 0.5) is 0 Å². The van der Waals surface area contributed by atoms with Gasteiger partial charge in [0.15, 0.2) is 0 Å². The van der Waals surface area contributed by atoms with Crippen molar-refractivity contribution in [2.24, 2.45) is 0 Å². The zero-order valence-corrected chi connectivity index (χ0v) is 11.5. The van der Waals surface area contributed by atoms with E-state index in [4.69, 9.17) is 0 Å². The Hall–Kier alpha value is -1.42. The zero-order chi connectivity index (χ0) is 12.9. The highest BCUT2D eigenvalue weighted by molar-refractivity contribution is 9.10. The van der Waals surface area contributed by atoms with Crippen LogP contribution in [0, 0.1) is 6.92 Å². The summed E-state index contributed by atoms with van der Waals surface area (Å²) in [5.41, 5.74) is 3.04. The number of carboxylic acid groups (broad SMARTS) is 1. The van der Waals surface area contributed by atoms with E-state index in [2.05, 4.69) is 20.9 Å². The van der Waals surface area contributed by atoms with Gasteiger partial charge in [0.05, 0.1) is 11.1 Å². The Kier molecular flexibility index (Phi) is 2.63. The van der Waals surface area contributed by atoms with E-state index in [0.717, 1.165) is 34.1 Å². The van der Waals surface area contributed by atoms with E-state index in [1.165, 1.54) is 0 Å². The lowest BCUT2D eigenvalue weighted by Gasteiger charge is -2.09. The lowest BCUT2D eigenvalue weighted by atomic mass is 10.0. The molecule has 92 valence electrons. The van der Waals surface area contributed by atoms with Crippen LogP contribution >= 0.6 is 15.9 Å². The van der Waals surface area contributed by atoms with Gasteiger partial charge in [0.1, 0.15) is 0 Å². The maximum Gasteiger partial charge on any atom is 0.336 e. The molecule has 0 atom stereocenters. The van der Waals surface area contributed by atoms with E-state index in [1.54, 1.807) is 6.07 Å². The van der Waals surface area contributed by atoms with Crippen LogP contribution in [0.5, 0.6) is 0 Å². The van der Waals surface area contributed by atoms with Crippen molar-refractivity contribution in [3.05, 3.63) is 39.5 Å². The van der Waals surface area contributed by atoms with Gasteiger partial charge in [0.25, 0.3) is 0 Å². The molecule has 1 fully saturated rings. The van der Waals surface area contributed by atoms with Crippen LogP contribution in [-0.4, -0.2) is 16.1 Å². The summed E-state index contributed by atoms with van der Waals surface area (Å²) < 4.78 is 0.826. The number of halogens is 1. The molecule has 0 amide bonds. The topological polar surface area (TPSA) is 50.2 Å². The van der Waals surface area contributed by atoms with Crippen molar-refractivity contribution in [1.29, 1.82) is 0 Å². The van der Waals surface area contributed by atoms with Gasteiger partial charge < -0.3 is 5.11 Å². The molecule has 1 aromatic heterocycles. The minimum atomic E-state index is -0.893. The second-order valence-electron chi connectivity index (χ2n) is 4.76. The molecule has 4 heteroatoms. The molecule has 0 spiro atoms. The van der Waals surface area contributed by atoms with Gasteiger partial charge in [-0.2, -0.15) is 0 Å². The number of aryl methyl sites for hydroxylation is 1. The lowest BCUT2D eigenvalue weighted by molar-refractivity contribution is 0.0699. The number of carboxylic acids is 1. The first-order chi connectivity index (χ1) is 8.58. The average molecular weight is 306 g/mol. The van der Waals surface area contributed by atoms with Gasteiger partial charge in [0.2, 0.25) is 0 Å². The second kappa shape index (κ2) is 4.05. The highest BCUT2D eigenvalue weighted by Gasteiger charge is 2.27. The third kappa shape index (κ3) is 1.81. The number of benzene rings is 1. The Balaban J connectivity index is 2.37. The van der Waals surface area contributed by atoms with Gasteiger partial charge >= 0.3 is 5.97 Å². The smallest absolute Gasteiger partial charge is 0.336 e. The summed E-state index contributed by atoms with van der Waals surface area (Å²) in [7, 11) is 0. The monoisotopic (exact) mass is 305 g/mol. The molecule has 1 aliphatic carbocycles. The number of nitrogens with zero attached hydrogens (tertiary/aromatic N) is 1. The normalized spacial score (nSPS) is 15.0. The molecule has 1 N–H and O–H groups in total. The summed E-state index contributed by atoms with van der Waals surface area (Å²) in [6.07, 6.45) is 2.23. The Bertz CT molecular complexity index is 662. The molecule has 3 rings (SSSR count). The maximum absolute atomic E-state index is 11.4. The summed E-state index contributed by atoms with van der Waals surface area (Å²) >= 11 is 3.47. The fourth-order valence-electron chi connectivity index (χ4n) is 2.17. The number of hydrogen-bond donors (Lipinski definition) is 1. The van der Waals surface area contributed by atoms with Crippen molar-refractivity contribution in [2.75, 3.05) is 0 Å². The number of hydrogen-bond acceptors (Lipinski definition) is 2. The van der Waals surface area contributed by atoms with Crippen LogP contribution in [0.25, 0.3) is 10.9 Å². The largest absolute Gasteiger partial charge is 0.478 e. The molecular weight excluding hydrogens is 294 g/mol. The fourth-order valence-corrected chi connectivity index (χ4v) is 2.72. The van der Waals surface area contributed by atoms with Crippen molar-refractivity contribution in [2.45, 2.75) is 25.7 Å². The van der Waals surface area contributed by atoms with Gasteiger partial charge in [-0.3, -0.25) is 4.98 Å². The van der Waals surface area contributed by atoms with Crippen molar-refractivity contribution in [3.63, 3.8) is 0 Å². The number of aromatic nitrogens is 1. The fraction of sp³-hybridized carbons (Fsp3) is 0.286. The van der Waals surface area contributed by atoms with Crippen molar-refractivity contribution < 1.29 is 9.90 Å². The molecule has 1 aromatic carbocycles. The molecule has 2 aromatic rings. The van der Waals surface area contributed by atoms with E-state index < -0.39 is 5.97 Å². The van der Waals surface area contributed by atoms with E-state index in [1.807, 2.05) is 19.1 Å². The average Bonchev–Trinajstić information content (AvgIpc) is 3.16. The van der Waals surface area contributed by atoms with Crippen LogP contribution in [0.2, 0.25) is 0 Å². The molecule has 1 aliphatic rings. The summed E-state index contributed by atoms with van der Waals surface area (Å²) in [5, 5.41) is 10.1. The van der Waals surface area contributed by atoms with E-state index in [0.29, 0.717) is 16.9 Å². The van der Waals surface area contributed by atoms with Crippen molar-refractivity contribution in [3.8, 4) is 0 Å². The summed E-state index contributed by atoms with van der Waals surface area (Å²) in [6, 6.07) is 5.59. The summed E-state index contributed by atoms with van der Waals surface area (Å²) in [5.74, 6) is -0.442. The van der Waals surface area contributed by atoms with E-state index in [-0.39, 0.29) is 0 Å². The molecule has 0 saturated heterocycles. The standard InChI is InChI=1S/C14H12BrNO2/c1-7-2-5-10-12(13(7)15)9(14(17)18)6-11(16-10)8-3-4-8/h2,5-6,8H,3-4H2,1H3,(H,17,18). The van der Waals surface area contributed by atoms with Gasteiger partial charge in [0, 0.05) is 21.5 Å². The first-order valence-electron chi connectivity index (χ1n) is 5.91. The lowest BCUT2D eigenvalue weighted by Crippen LogP contribution is -2.02. The van der Waals surface area contributed by atoms with Crippen LogP contribution in [0.3, 0.4) is 0 Å². The molecule has 1 heterocycles. The molecule has 18 heavy (non-hydrogen) atoms. The quantitative estimate of drug-likeness (QED) is 0.916. The highest BCUT2D eigenvalue weighted by atomic mass is 79.9. The van der Waals surface area contributed by atoms with Crippen LogP contribution in [0.15, 0.2) is 22.7 Å². The third-order valence-corrected chi connectivity index (χ3v) is 4.37. The second-order valence-corrected chi connectivity index (χ2v) is 5.56. The summed E-state index contributed by atoms with van der Waals surface area (Å²) in [4.78, 5) is 16.0. The van der Waals surface area contributed by atoms with Crippen LogP contribution < -0.4 is 0 Å². The highest BCUT2D eigenvalue weighted by Crippen LogP contribution is 2.41. The van der Waals surface area contributed by atoms with Crippen molar-refractivity contribution >= 4 is 32.8 Å². The molecule has 3 nitrogen and oxygen atoms in total. The zero-order valence-electron chi connectivity index (χ0n) is 9.90. The molecule has 0 bridgehead atoms. The van der Waals surface area contributed by atoms with Crippen LogP contribution in [0.1, 0.15) is 40.4 Å². The molecule has 0 aliphatic heterocycles. The first kappa shape index (κ1) is 11.7. The number of pyridine rings is 1. The third-order valence-electron chi connectivity index (χ3n) is 3.35. The van der Waals surface area contributed by atoms with E-state index >= 15 is 0 Å². The number of aromatic carboxylic acids is 1. The van der Waals surface area contributed by atoms with Crippen LogP contribution in [-0.2, 0) is 0 Å². The number of rotatable bonds is 2. The first-order valence-corrected chi connectivity index (χ1v) is 6.70. The predicted octanol–water partition coefficient (Wildman–Crippen LogP) is 3.88. The molecule has 1 saturated carbocycles. The minimum Gasteiger partial charge on any atom is -0.478 e. The Labute approximate surface area is 113 Å². The Morgan fingerprint density at radius 1 is 1.44 bits per heavy atom. The molecule has 0 unspecified atom stereocenters. The Morgan fingerprint density at radius 3 is 2.78 bits per heavy atom. The van der Waals surface area contributed by atoms with Gasteiger partial charge in [-0.1, -0.05) is 6.07 Å². The maximum atomic E-state index is 11.4. The van der Waals surface area contributed by atoms with Gasteiger partial charge in [-0.15, -0.1) is 0 Å². The van der Waals surface area contributed by atoms with E-state index in [9.17, 15) is 9.90 Å². The molecule has 0 radical (unpaired) electrons. The summed E-state index contributed by atoms with van der Waals surface area (Å²) in [6.45, 7) is 1.95.